The molecule has 3 rings (SSSR count). The van der Waals surface area contributed by atoms with Crippen molar-refractivity contribution in [1.82, 2.24) is 0 Å². The Morgan fingerprint density at radius 2 is 1.70 bits per heavy atom. The van der Waals surface area contributed by atoms with Crippen LogP contribution in [0.5, 0.6) is 5.75 Å². The van der Waals surface area contributed by atoms with Gasteiger partial charge in [-0.25, -0.2) is 9.18 Å². The molecule has 1 aliphatic rings. The zero-order valence-corrected chi connectivity index (χ0v) is 15.6. The van der Waals surface area contributed by atoms with Crippen LogP contribution in [-0.2, 0) is 4.74 Å². The molecule has 1 fully saturated rings. The molecule has 0 amide bonds. The zero-order chi connectivity index (χ0) is 19.1. The molecule has 142 valence electrons. The number of halogens is 1. The van der Waals surface area contributed by atoms with Crippen molar-refractivity contribution in [3.05, 3.63) is 77.6 Å². The van der Waals surface area contributed by atoms with Crippen molar-refractivity contribution < 1.29 is 18.7 Å². The van der Waals surface area contributed by atoms with E-state index in [1.807, 2.05) is 24.3 Å². The summed E-state index contributed by atoms with van der Waals surface area (Å²) in [6.45, 7) is 0.676. The first-order valence-corrected chi connectivity index (χ1v) is 9.39. The Morgan fingerprint density at radius 1 is 1.04 bits per heavy atom. The van der Waals surface area contributed by atoms with Gasteiger partial charge in [0.25, 0.3) is 0 Å². The van der Waals surface area contributed by atoms with E-state index in [1.54, 1.807) is 7.11 Å². The maximum Gasteiger partial charge on any atom is 0.343 e. The van der Waals surface area contributed by atoms with Crippen molar-refractivity contribution in [1.29, 1.82) is 0 Å². The van der Waals surface area contributed by atoms with E-state index in [-0.39, 0.29) is 5.82 Å². The fourth-order valence-electron chi connectivity index (χ4n) is 3.55. The predicted octanol–water partition coefficient (Wildman–Crippen LogP) is 5.52. The molecule has 2 aromatic rings. The molecule has 1 aliphatic carbocycles. The van der Waals surface area contributed by atoms with E-state index in [0.717, 1.165) is 12.8 Å². The molecule has 2 aromatic carbocycles. The highest BCUT2D eigenvalue weighted by atomic mass is 19.1. The minimum absolute atomic E-state index is 0.338. The number of esters is 1. The highest BCUT2D eigenvalue weighted by Crippen LogP contribution is 2.36. The van der Waals surface area contributed by atoms with Crippen molar-refractivity contribution in [2.45, 2.75) is 31.6 Å². The van der Waals surface area contributed by atoms with Gasteiger partial charge in [-0.2, -0.15) is 0 Å². The van der Waals surface area contributed by atoms with Crippen LogP contribution in [0.15, 0.2) is 60.7 Å². The molecule has 0 atom stereocenters. The summed E-state index contributed by atoms with van der Waals surface area (Å²) >= 11 is 0. The van der Waals surface area contributed by atoms with Crippen LogP contribution in [0.1, 0.15) is 47.5 Å². The summed E-state index contributed by atoms with van der Waals surface area (Å²) < 4.78 is 23.3. The van der Waals surface area contributed by atoms with Gasteiger partial charge in [0.15, 0.2) is 0 Å². The Morgan fingerprint density at radius 3 is 2.33 bits per heavy atom. The zero-order valence-electron chi connectivity index (χ0n) is 15.6. The lowest BCUT2D eigenvalue weighted by Gasteiger charge is -2.27. The van der Waals surface area contributed by atoms with Crippen molar-refractivity contribution in [2.24, 2.45) is 5.92 Å². The number of hydrogen-bond acceptors (Lipinski definition) is 3. The molecule has 4 heteroatoms. The average molecular weight is 368 g/mol. The van der Waals surface area contributed by atoms with Crippen LogP contribution in [-0.4, -0.2) is 19.7 Å². The highest BCUT2D eigenvalue weighted by Gasteiger charge is 2.21. The first-order valence-electron chi connectivity index (χ1n) is 9.39. The monoisotopic (exact) mass is 368 g/mol. The second-order valence-electron chi connectivity index (χ2n) is 6.96. The largest absolute Gasteiger partial charge is 0.423 e. The van der Waals surface area contributed by atoms with Crippen LogP contribution in [0.2, 0.25) is 0 Å². The molecule has 3 nitrogen and oxygen atoms in total. The summed E-state index contributed by atoms with van der Waals surface area (Å²) in [6, 6.07) is 13.1. The van der Waals surface area contributed by atoms with Gasteiger partial charge in [0, 0.05) is 7.11 Å². The second-order valence-corrected chi connectivity index (χ2v) is 6.96. The fraction of sp³-hybridized carbons (Fsp3) is 0.348. The van der Waals surface area contributed by atoms with E-state index in [0.29, 0.717) is 29.8 Å². The van der Waals surface area contributed by atoms with E-state index < -0.39 is 5.97 Å². The molecule has 0 saturated heterocycles. The van der Waals surface area contributed by atoms with Crippen molar-refractivity contribution in [3.8, 4) is 5.75 Å². The molecule has 0 aromatic heterocycles. The Bertz CT molecular complexity index is 757. The summed E-state index contributed by atoms with van der Waals surface area (Å²) in [5.41, 5.74) is 1.77. The molecule has 0 radical (unpaired) electrons. The summed E-state index contributed by atoms with van der Waals surface area (Å²) in [6.07, 6.45) is 9.04. The number of carbonyl (C=O) groups is 1. The lowest BCUT2D eigenvalue weighted by Crippen LogP contribution is -2.12. The SMILES string of the molecule is COCC=CC1CCC(c2ccc(C(=O)Oc3ccc(F)cc3)cc2)CC1. The van der Waals surface area contributed by atoms with Gasteiger partial charge in [-0.1, -0.05) is 24.3 Å². The number of ether oxygens (including phenoxy) is 2. The molecule has 1 saturated carbocycles. The molecule has 0 bridgehead atoms. The van der Waals surface area contributed by atoms with Gasteiger partial charge >= 0.3 is 5.97 Å². The average Bonchev–Trinajstić information content (AvgIpc) is 2.70. The Balaban J connectivity index is 1.54. The molecule has 0 aliphatic heterocycles. The van der Waals surface area contributed by atoms with Gasteiger partial charge < -0.3 is 9.47 Å². The third-order valence-electron chi connectivity index (χ3n) is 5.08. The van der Waals surface area contributed by atoms with Crippen molar-refractivity contribution in [3.63, 3.8) is 0 Å². The summed E-state index contributed by atoms with van der Waals surface area (Å²) in [4.78, 5) is 12.2. The Kier molecular flexibility index (Phi) is 6.77. The maximum atomic E-state index is 12.9. The van der Waals surface area contributed by atoms with E-state index in [4.69, 9.17) is 9.47 Å². The molecule has 0 unspecified atom stereocenters. The lowest BCUT2D eigenvalue weighted by atomic mass is 9.78. The van der Waals surface area contributed by atoms with Crippen LogP contribution in [0.3, 0.4) is 0 Å². The van der Waals surface area contributed by atoms with Gasteiger partial charge in [0.1, 0.15) is 11.6 Å². The van der Waals surface area contributed by atoms with Gasteiger partial charge in [-0.3, -0.25) is 0 Å². The van der Waals surface area contributed by atoms with Gasteiger partial charge in [-0.15, -0.1) is 0 Å². The minimum Gasteiger partial charge on any atom is -0.423 e. The summed E-state index contributed by atoms with van der Waals surface area (Å²) in [5, 5.41) is 0. The third kappa shape index (κ3) is 5.51. The van der Waals surface area contributed by atoms with Crippen LogP contribution >= 0.6 is 0 Å². The molecule has 0 N–H and O–H groups in total. The van der Waals surface area contributed by atoms with Crippen LogP contribution in [0.4, 0.5) is 4.39 Å². The van der Waals surface area contributed by atoms with Crippen molar-refractivity contribution in [2.75, 3.05) is 13.7 Å². The van der Waals surface area contributed by atoms with Gasteiger partial charge in [0.2, 0.25) is 0 Å². The van der Waals surface area contributed by atoms with E-state index in [2.05, 4.69) is 12.2 Å². The first kappa shape index (κ1) is 19.3. The maximum absolute atomic E-state index is 12.9. The number of carbonyl (C=O) groups excluding carboxylic acids is 1. The standard InChI is InChI=1S/C23H25FO3/c1-26-16-2-3-17-4-6-18(7-5-17)19-8-10-20(11-9-19)23(25)27-22-14-12-21(24)13-15-22/h2-3,8-15,17-18H,4-7,16H2,1H3. The summed E-state index contributed by atoms with van der Waals surface area (Å²) in [5.74, 6) is 0.731. The highest BCUT2D eigenvalue weighted by molar-refractivity contribution is 5.91. The molecule has 0 spiro atoms. The second kappa shape index (κ2) is 9.47. The number of allylic oxidation sites excluding steroid dienone is 1. The van der Waals surface area contributed by atoms with E-state index in [9.17, 15) is 9.18 Å². The topological polar surface area (TPSA) is 35.5 Å². The molecular weight excluding hydrogens is 343 g/mol. The first-order chi connectivity index (χ1) is 13.2. The van der Waals surface area contributed by atoms with Gasteiger partial charge in [0.05, 0.1) is 12.2 Å². The Labute approximate surface area is 159 Å². The molecule has 0 heterocycles. The van der Waals surface area contributed by atoms with Crippen LogP contribution in [0, 0.1) is 11.7 Å². The van der Waals surface area contributed by atoms with Crippen LogP contribution in [0.25, 0.3) is 0 Å². The normalized spacial score (nSPS) is 19.9. The number of rotatable bonds is 6. The smallest absolute Gasteiger partial charge is 0.343 e. The lowest BCUT2D eigenvalue weighted by molar-refractivity contribution is 0.0734. The number of methoxy groups -OCH3 is 1. The summed E-state index contributed by atoms with van der Waals surface area (Å²) in [7, 11) is 1.71. The molecule has 27 heavy (non-hydrogen) atoms. The van der Waals surface area contributed by atoms with Crippen molar-refractivity contribution >= 4 is 5.97 Å². The predicted molar refractivity (Wildman–Crippen MR) is 104 cm³/mol. The van der Waals surface area contributed by atoms with E-state index >= 15 is 0 Å². The van der Waals surface area contributed by atoms with Crippen LogP contribution < -0.4 is 4.74 Å². The minimum atomic E-state index is -0.430. The van der Waals surface area contributed by atoms with E-state index in [1.165, 1.54) is 42.7 Å². The number of hydrogen-bond donors (Lipinski definition) is 0. The third-order valence-corrected chi connectivity index (χ3v) is 5.08. The van der Waals surface area contributed by atoms with Gasteiger partial charge in [-0.05, 0) is 79.5 Å². The number of benzene rings is 2. The quantitative estimate of drug-likeness (QED) is 0.382. The Hall–Kier alpha value is -2.46. The molecular formula is C23H25FO3. The fourth-order valence-corrected chi connectivity index (χ4v) is 3.55.